The SMILES string of the molecule is Cc1ccc2c(c1)N(C)C(=O)c1cc(NC(=O)c3cccs3)ccc1O2. The molecule has 4 rings (SSSR count). The second-order valence-electron chi connectivity index (χ2n) is 6.08. The molecule has 0 atom stereocenters. The van der Waals surface area contributed by atoms with E-state index in [4.69, 9.17) is 4.74 Å². The molecular weight excluding hydrogens is 348 g/mol. The molecule has 0 radical (unpaired) electrons. The first-order valence-corrected chi connectivity index (χ1v) is 8.96. The van der Waals surface area contributed by atoms with Crippen LogP contribution in [0.25, 0.3) is 0 Å². The van der Waals surface area contributed by atoms with Crippen LogP contribution in [0.5, 0.6) is 11.5 Å². The molecule has 130 valence electrons. The highest BCUT2D eigenvalue weighted by molar-refractivity contribution is 7.12. The molecular formula is C20H16N2O3S. The maximum absolute atomic E-state index is 12.9. The number of nitrogens with one attached hydrogen (secondary N) is 1. The van der Waals surface area contributed by atoms with Crippen molar-refractivity contribution >= 4 is 34.5 Å². The number of hydrogen-bond acceptors (Lipinski definition) is 4. The van der Waals surface area contributed by atoms with E-state index < -0.39 is 0 Å². The summed E-state index contributed by atoms with van der Waals surface area (Å²) in [6.07, 6.45) is 0. The molecule has 0 fully saturated rings. The van der Waals surface area contributed by atoms with Gasteiger partial charge in [-0.2, -0.15) is 0 Å². The molecule has 1 aromatic heterocycles. The molecule has 0 unspecified atom stereocenters. The van der Waals surface area contributed by atoms with Crippen LogP contribution in [-0.4, -0.2) is 18.9 Å². The molecule has 0 saturated heterocycles. The van der Waals surface area contributed by atoms with Crippen LogP contribution in [0, 0.1) is 6.92 Å². The van der Waals surface area contributed by atoms with Crippen molar-refractivity contribution in [2.45, 2.75) is 6.92 Å². The fraction of sp³-hybridized carbons (Fsp3) is 0.100. The van der Waals surface area contributed by atoms with Crippen LogP contribution in [0.4, 0.5) is 11.4 Å². The van der Waals surface area contributed by atoms with Gasteiger partial charge in [0.25, 0.3) is 11.8 Å². The lowest BCUT2D eigenvalue weighted by Gasteiger charge is -2.16. The van der Waals surface area contributed by atoms with Gasteiger partial charge in [-0.1, -0.05) is 12.1 Å². The van der Waals surface area contributed by atoms with E-state index >= 15 is 0 Å². The quantitative estimate of drug-likeness (QED) is 0.717. The number of thiophene rings is 1. The fourth-order valence-corrected chi connectivity index (χ4v) is 3.47. The Kier molecular flexibility index (Phi) is 3.97. The number of hydrogen-bond donors (Lipinski definition) is 1. The van der Waals surface area contributed by atoms with E-state index in [2.05, 4.69) is 5.32 Å². The Labute approximate surface area is 154 Å². The first-order valence-electron chi connectivity index (χ1n) is 8.08. The van der Waals surface area contributed by atoms with Gasteiger partial charge in [0.2, 0.25) is 0 Å². The smallest absolute Gasteiger partial charge is 0.265 e. The second-order valence-corrected chi connectivity index (χ2v) is 7.03. The molecule has 0 bridgehead atoms. The molecule has 1 aliphatic rings. The minimum Gasteiger partial charge on any atom is -0.454 e. The molecule has 2 amide bonds. The number of carbonyl (C=O) groups excluding carboxylic acids is 2. The minimum atomic E-state index is -0.200. The van der Waals surface area contributed by atoms with E-state index in [0.29, 0.717) is 27.6 Å². The van der Waals surface area contributed by atoms with E-state index in [1.165, 1.54) is 11.3 Å². The van der Waals surface area contributed by atoms with Crippen molar-refractivity contribution in [3.05, 3.63) is 69.9 Å². The van der Waals surface area contributed by atoms with Crippen LogP contribution >= 0.6 is 11.3 Å². The van der Waals surface area contributed by atoms with Crippen molar-refractivity contribution in [3.63, 3.8) is 0 Å². The number of fused-ring (bicyclic) bond motifs is 2. The summed E-state index contributed by atoms with van der Waals surface area (Å²) in [5.74, 6) is 0.713. The Morgan fingerprint density at radius 3 is 2.69 bits per heavy atom. The molecule has 0 spiro atoms. The minimum absolute atomic E-state index is 0.184. The van der Waals surface area contributed by atoms with Crippen molar-refractivity contribution in [1.82, 2.24) is 0 Å². The van der Waals surface area contributed by atoms with Crippen LogP contribution in [0.2, 0.25) is 0 Å². The summed E-state index contributed by atoms with van der Waals surface area (Å²) in [6.45, 7) is 1.97. The van der Waals surface area contributed by atoms with Gasteiger partial charge in [0.05, 0.1) is 16.1 Å². The van der Waals surface area contributed by atoms with Crippen molar-refractivity contribution in [2.24, 2.45) is 0 Å². The Morgan fingerprint density at radius 1 is 1.12 bits per heavy atom. The molecule has 0 aliphatic carbocycles. The summed E-state index contributed by atoms with van der Waals surface area (Å²) < 4.78 is 5.96. The number of aryl methyl sites for hydroxylation is 1. The highest BCUT2D eigenvalue weighted by Gasteiger charge is 2.26. The van der Waals surface area contributed by atoms with Gasteiger partial charge >= 0.3 is 0 Å². The highest BCUT2D eigenvalue weighted by atomic mass is 32.1. The van der Waals surface area contributed by atoms with Gasteiger partial charge in [0.1, 0.15) is 5.75 Å². The van der Waals surface area contributed by atoms with E-state index in [9.17, 15) is 9.59 Å². The number of ether oxygens (including phenoxy) is 1. The number of benzene rings is 2. The number of anilines is 2. The molecule has 0 saturated carbocycles. The van der Waals surface area contributed by atoms with Crippen molar-refractivity contribution < 1.29 is 14.3 Å². The molecule has 26 heavy (non-hydrogen) atoms. The van der Waals surface area contributed by atoms with E-state index in [-0.39, 0.29) is 11.8 Å². The van der Waals surface area contributed by atoms with Crippen molar-refractivity contribution in [3.8, 4) is 11.5 Å². The summed E-state index contributed by atoms with van der Waals surface area (Å²) in [4.78, 5) is 27.3. The van der Waals surface area contributed by atoms with Crippen LogP contribution in [-0.2, 0) is 0 Å². The summed E-state index contributed by atoms with van der Waals surface area (Å²) in [5.41, 5.74) is 2.72. The zero-order valence-corrected chi connectivity index (χ0v) is 15.1. The van der Waals surface area contributed by atoms with Crippen LogP contribution in [0.3, 0.4) is 0 Å². The zero-order valence-electron chi connectivity index (χ0n) is 14.3. The number of amides is 2. The van der Waals surface area contributed by atoms with Crippen molar-refractivity contribution in [2.75, 3.05) is 17.3 Å². The second kappa shape index (κ2) is 6.31. The Balaban J connectivity index is 1.69. The summed E-state index contributed by atoms with van der Waals surface area (Å²) in [7, 11) is 1.72. The molecule has 1 aliphatic heterocycles. The third-order valence-corrected chi connectivity index (χ3v) is 5.08. The maximum Gasteiger partial charge on any atom is 0.265 e. The Bertz CT molecular complexity index is 1010. The lowest BCUT2D eigenvalue weighted by Crippen LogP contribution is -2.25. The number of carbonyl (C=O) groups is 2. The Morgan fingerprint density at radius 2 is 1.92 bits per heavy atom. The lowest BCUT2D eigenvalue weighted by molar-refractivity contribution is 0.0990. The summed E-state index contributed by atoms with van der Waals surface area (Å²) >= 11 is 1.36. The monoisotopic (exact) mass is 364 g/mol. The number of nitrogens with zero attached hydrogens (tertiary/aromatic N) is 1. The fourth-order valence-electron chi connectivity index (χ4n) is 2.85. The summed E-state index contributed by atoms with van der Waals surface area (Å²) in [6, 6.07) is 14.4. The highest BCUT2D eigenvalue weighted by Crippen LogP contribution is 2.39. The number of rotatable bonds is 2. The van der Waals surface area contributed by atoms with Gasteiger partial charge in [-0.15, -0.1) is 11.3 Å². The van der Waals surface area contributed by atoms with Crippen LogP contribution < -0.4 is 15.0 Å². The van der Waals surface area contributed by atoms with E-state index in [1.807, 2.05) is 36.6 Å². The predicted molar refractivity (Wildman–Crippen MR) is 103 cm³/mol. The molecule has 3 aromatic rings. The van der Waals surface area contributed by atoms with Gasteiger partial charge in [-0.05, 0) is 54.3 Å². The third kappa shape index (κ3) is 2.84. The molecule has 5 nitrogen and oxygen atoms in total. The molecule has 2 aromatic carbocycles. The standard InChI is InChI=1S/C20H16N2O3S/c1-12-5-7-17-15(10-12)22(2)20(24)14-11-13(6-8-16(14)25-17)21-19(23)18-4-3-9-26-18/h3-11H,1-2H3,(H,21,23). The summed E-state index contributed by atoms with van der Waals surface area (Å²) in [5, 5.41) is 4.67. The average Bonchev–Trinajstić information content (AvgIpc) is 3.15. The van der Waals surface area contributed by atoms with Gasteiger partial charge in [0, 0.05) is 12.7 Å². The van der Waals surface area contributed by atoms with Crippen LogP contribution in [0.1, 0.15) is 25.6 Å². The average molecular weight is 364 g/mol. The van der Waals surface area contributed by atoms with Gasteiger partial charge in [-0.3, -0.25) is 9.59 Å². The van der Waals surface area contributed by atoms with Crippen molar-refractivity contribution in [1.29, 1.82) is 0 Å². The molecule has 6 heteroatoms. The van der Waals surface area contributed by atoms with Gasteiger partial charge in [-0.25, -0.2) is 0 Å². The predicted octanol–water partition coefficient (Wildman–Crippen LogP) is 4.69. The first-order chi connectivity index (χ1) is 12.5. The van der Waals surface area contributed by atoms with Gasteiger partial charge < -0.3 is 15.0 Å². The third-order valence-electron chi connectivity index (χ3n) is 4.21. The first kappa shape index (κ1) is 16.4. The van der Waals surface area contributed by atoms with Crippen LogP contribution in [0.15, 0.2) is 53.9 Å². The molecule has 1 N–H and O–H groups in total. The largest absolute Gasteiger partial charge is 0.454 e. The van der Waals surface area contributed by atoms with Gasteiger partial charge in [0.15, 0.2) is 5.75 Å². The lowest BCUT2D eigenvalue weighted by atomic mass is 10.1. The zero-order chi connectivity index (χ0) is 18.3. The topological polar surface area (TPSA) is 58.6 Å². The maximum atomic E-state index is 12.9. The Hall–Kier alpha value is -3.12. The van der Waals surface area contributed by atoms with E-state index in [0.717, 1.165) is 11.3 Å². The molecule has 2 heterocycles. The normalized spacial score (nSPS) is 12.7. The van der Waals surface area contributed by atoms with E-state index in [1.54, 1.807) is 36.2 Å².